The van der Waals surface area contributed by atoms with Crippen LogP contribution in [0.25, 0.3) is 0 Å². The molecular weight excluding hydrogens is 491 g/mol. The molecule has 2 N–H and O–H groups in total. The van der Waals surface area contributed by atoms with Gasteiger partial charge < -0.3 is 25.0 Å². The van der Waals surface area contributed by atoms with Gasteiger partial charge in [-0.25, -0.2) is 0 Å². The van der Waals surface area contributed by atoms with E-state index in [1.807, 2.05) is 14.1 Å². The molecule has 0 radical (unpaired) electrons. The first kappa shape index (κ1) is 26.0. The fraction of sp³-hybridized carbons (Fsp3) is 0.435. The van der Waals surface area contributed by atoms with Crippen molar-refractivity contribution in [1.29, 1.82) is 0 Å². The van der Waals surface area contributed by atoms with Crippen LogP contribution in [0.3, 0.4) is 0 Å². The van der Waals surface area contributed by atoms with E-state index in [-0.39, 0.29) is 24.0 Å². The zero-order valence-electron chi connectivity index (χ0n) is 18.7. The maximum atomic E-state index is 5.97. The molecule has 0 aliphatic rings. The summed E-state index contributed by atoms with van der Waals surface area (Å²) < 4.78 is 11.1. The Morgan fingerprint density at radius 3 is 2.50 bits per heavy atom. The van der Waals surface area contributed by atoms with Crippen molar-refractivity contribution in [1.82, 2.24) is 10.6 Å². The molecule has 2 rings (SSSR count). The number of anilines is 1. The van der Waals surface area contributed by atoms with Gasteiger partial charge in [0.15, 0.2) is 5.96 Å². The molecule has 0 bridgehead atoms. The number of nitrogens with one attached hydrogen (secondary N) is 2. The van der Waals surface area contributed by atoms with Crippen molar-refractivity contribution in [2.75, 3.05) is 46.4 Å². The van der Waals surface area contributed by atoms with Gasteiger partial charge in [0.25, 0.3) is 0 Å². The lowest BCUT2D eigenvalue weighted by atomic mass is 10.1. The molecule has 0 saturated heterocycles. The quantitative estimate of drug-likeness (QED) is 0.213. The van der Waals surface area contributed by atoms with E-state index in [9.17, 15) is 0 Å². The molecule has 0 spiro atoms. The van der Waals surface area contributed by atoms with E-state index in [0.717, 1.165) is 23.7 Å². The van der Waals surface area contributed by atoms with Gasteiger partial charge in [-0.3, -0.25) is 4.99 Å². The largest absolute Gasteiger partial charge is 0.493 e. The molecule has 0 aromatic heterocycles. The molecule has 0 heterocycles. The number of nitrogens with zero attached hydrogens (tertiary/aromatic N) is 2. The Bertz CT molecular complexity index is 797. The van der Waals surface area contributed by atoms with Gasteiger partial charge in [0.05, 0.1) is 6.61 Å². The van der Waals surface area contributed by atoms with Crippen LogP contribution in [0.5, 0.6) is 5.75 Å². The maximum absolute atomic E-state index is 5.97. The Morgan fingerprint density at radius 2 is 1.80 bits per heavy atom. The Balaban J connectivity index is 0.00000450. The lowest BCUT2D eigenvalue weighted by molar-refractivity contribution is 0.171. The molecule has 0 aliphatic heterocycles. The Morgan fingerprint density at radius 1 is 1.03 bits per heavy atom. The van der Waals surface area contributed by atoms with Gasteiger partial charge in [-0.1, -0.05) is 24.3 Å². The molecule has 0 unspecified atom stereocenters. The fourth-order valence-corrected chi connectivity index (χ4v) is 2.86. The monoisotopic (exact) mass is 526 g/mol. The SMILES string of the molecule is CN=C(NCc1cccc(N(C)C)c1)NCc1ccc(C)cc1OCCCOC.I. The van der Waals surface area contributed by atoms with Crippen molar-refractivity contribution in [3.8, 4) is 5.75 Å². The molecule has 6 nitrogen and oxygen atoms in total. The number of methoxy groups -OCH3 is 1. The first-order valence-corrected chi connectivity index (χ1v) is 9.95. The molecule has 2 aromatic rings. The number of halogens is 1. The van der Waals surface area contributed by atoms with Gasteiger partial charge in [-0.15, -0.1) is 24.0 Å². The van der Waals surface area contributed by atoms with E-state index < -0.39 is 0 Å². The molecule has 0 amide bonds. The van der Waals surface area contributed by atoms with Crippen LogP contribution >= 0.6 is 24.0 Å². The molecule has 0 saturated carbocycles. The maximum Gasteiger partial charge on any atom is 0.191 e. The van der Waals surface area contributed by atoms with Crippen molar-refractivity contribution in [3.63, 3.8) is 0 Å². The third-order valence-corrected chi connectivity index (χ3v) is 4.53. The smallest absolute Gasteiger partial charge is 0.191 e. The van der Waals surface area contributed by atoms with E-state index in [4.69, 9.17) is 9.47 Å². The van der Waals surface area contributed by atoms with Crippen molar-refractivity contribution in [2.24, 2.45) is 4.99 Å². The molecule has 166 valence electrons. The second-order valence-electron chi connectivity index (χ2n) is 7.15. The lowest BCUT2D eigenvalue weighted by Gasteiger charge is -2.16. The predicted octanol–water partition coefficient (Wildman–Crippen LogP) is 3.96. The number of hydrogen-bond acceptors (Lipinski definition) is 4. The van der Waals surface area contributed by atoms with Gasteiger partial charge in [0.1, 0.15) is 5.75 Å². The highest BCUT2D eigenvalue weighted by Gasteiger charge is 2.07. The van der Waals surface area contributed by atoms with E-state index >= 15 is 0 Å². The summed E-state index contributed by atoms with van der Waals surface area (Å²) in [6.45, 7) is 4.75. The second-order valence-corrected chi connectivity index (χ2v) is 7.15. The van der Waals surface area contributed by atoms with E-state index in [0.29, 0.717) is 26.3 Å². The molecule has 0 fully saturated rings. The highest BCUT2D eigenvalue weighted by molar-refractivity contribution is 14.0. The number of hydrogen-bond donors (Lipinski definition) is 2. The van der Waals surface area contributed by atoms with Gasteiger partial charge >= 0.3 is 0 Å². The van der Waals surface area contributed by atoms with Gasteiger partial charge in [0, 0.05) is 65.6 Å². The van der Waals surface area contributed by atoms with Crippen LogP contribution in [0, 0.1) is 6.92 Å². The van der Waals surface area contributed by atoms with Crippen LogP contribution in [-0.4, -0.2) is 47.4 Å². The second kappa shape index (κ2) is 14.1. The van der Waals surface area contributed by atoms with Gasteiger partial charge in [-0.2, -0.15) is 0 Å². The summed E-state index contributed by atoms with van der Waals surface area (Å²) in [6, 6.07) is 14.7. The Labute approximate surface area is 198 Å². The van der Waals surface area contributed by atoms with Crippen molar-refractivity contribution in [3.05, 3.63) is 59.2 Å². The van der Waals surface area contributed by atoms with Crippen LogP contribution in [0.2, 0.25) is 0 Å². The summed E-state index contributed by atoms with van der Waals surface area (Å²) in [5.41, 5.74) is 4.67. The Kier molecular flexibility index (Phi) is 12.2. The summed E-state index contributed by atoms with van der Waals surface area (Å²) in [7, 11) is 7.58. The molecule has 7 heteroatoms. The first-order chi connectivity index (χ1) is 14.0. The fourth-order valence-electron chi connectivity index (χ4n) is 2.86. The zero-order chi connectivity index (χ0) is 21.1. The van der Waals surface area contributed by atoms with Crippen LogP contribution in [0.1, 0.15) is 23.1 Å². The standard InChI is InChI=1S/C23H34N4O2.HI/c1-18-10-11-20(22(14-18)29-13-7-12-28-5)17-26-23(24-2)25-16-19-8-6-9-21(15-19)27(3)4;/h6,8-11,14-15H,7,12-13,16-17H2,1-5H3,(H2,24,25,26);1H. The van der Waals surface area contributed by atoms with Gasteiger partial charge in [0.2, 0.25) is 0 Å². The third kappa shape index (κ3) is 8.79. The van der Waals surface area contributed by atoms with E-state index in [2.05, 4.69) is 69.9 Å². The number of aliphatic imine (C=N–C) groups is 1. The van der Waals surface area contributed by atoms with Crippen LogP contribution in [0.4, 0.5) is 5.69 Å². The van der Waals surface area contributed by atoms with Crippen molar-refractivity contribution < 1.29 is 9.47 Å². The van der Waals surface area contributed by atoms with Gasteiger partial charge in [-0.05, 0) is 36.2 Å². The van der Waals surface area contributed by atoms with E-state index in [1.165, 1.54) is 16.8 Å². The highest BCUT2D eigenvalue weighted by Crippen LogP contribution is 2.20. The molecular formula is C23H35IN4O2. The topological polar surface area (TPSA) is 58.1 Å². The molecule has 0 atom stereocenters. The zero-order valence-corrected chi connectivity index (χ0v) is 21.0. The van der Waals surface area contributed by atoms with Crippen LogP contribution in [-0.2, 0) is 17.8 Å². The normalized spacial score (nSPS) is 10.9. The number of rotatable bonds is 10. The number of benzene rings is 2. The summed E-state index contributed by atoms with van der Waals surface area (Å²) in [4.78, 5) is 6.44. The molecule has 0 aliphatic carbocycles. The highest BCUT2D eigenvalue weighted by atomic mass is 127. The average molecular weight is 526 g/mol. The van der Waals surface area contributed by atoms with Crippen LogP contribution < -0.4 is 20.3 Å². The Hall–Kier alpha value is -2.00. The summed E-state index contributed by atoms with van der Waals surface area (Å²) >= 11 is 0. The summed E-state index contributed by atoms with van der Waals surface area (Å²) in [5.74, 6) is 1.66. The minimum atomic E-state index is 0. The number of aryl methyl sites for hydroxylation is 1. The van der Waals surface area contributed by atoms with Crippen LogP contribution in [0.15, 0.2) is 47.5 Å². The molecule has 30 heavy (non-hydrogen) atoms. The minimum absolute atomic E-state index is 0. The van der Waals surface area contributed by atoms with Crippen molar-refractivity contribution in [2.45, 2.75) is 26.4 Å². The summed E-state index contributed by atoms with van der Waals surface area (Å²) in [6.07, 6.45) is 0.868. The predicted molar refractivity (Wildman–Crippen MR) is 136 cm³/mol. The number of ether oxygens (including phenoxy) is 2. The average Bonchev–Trinajstić information content (AvgIpc) is 2.72. The summed E-state index contributed by atoms with van der Waals surface area (Å²) in [5, 5.41) is 6.75. The van der Waals surface area contributed by atoms with E-state index in [1.54, 1.807) is 14.2 Å². The van der Waals surface area contributed by atoms with Crippen molar-refractivity contribution >= 4 is 35.6 Å². The minimum Gasteiger partial charge on any atom is -0.493 e. The number of guanidine groups is 1. The lowest BCUT2D eigenvalue weighted by Crippen LogP contribution is -2.36. The third-order valence-electron chi connectivity index (χ3n) is 4.53. The first-order valence-electron chi connectivity index (χ1n) is 9.95. The molecule has 2 aromatic carbocycles.